The zero-order chi connectivity index (χ0) is 9.19. The Hall–Kier alpha value is -0.130. The number of hydrogen-bond donors (Lipinski definition) is 2. The van der Waals surface area contributed by atoms with Crippen LogP contribution in [-0.2, 0) is 10.0 Å². The fourth-order valence-corrected chi connectivity index (χ4v) is 1.65. The van der Waals surface area contributed by atoms with Crippen LogP contribution in [0.4, 0.5) is 0 Å². The first-order valence-corrected chi connectivity index (χ1v) is 5.76. The Morgan fingerprint density at radius 2 is 2.08 bits per heavy atom. The lowest BCUT2D eigenvalue weighted by molar-refractivity contribution is 0.563. The summed E-state index contributed by atoms with van der Waals surface area (Å²) in [7, 11) is -1.63. The molecular weight excluding hydrogens is 176 g/mol. The maximum atomic E-state index is 11.2. The standard InChI is InChI=1S/C7H16N2O2S/c1-6(12(10,11)8-2)5-9-7-3-4-7/h6-9H,3-5H2,1-2H3. The molecule has 5 heteroatoms. The number of nitrogens with one attached hydrogen (secondary N) is 2. The molecule has 1 unspecified atom stereocenters. The molecule has 0 aliphatic heterocycles. The van der Waals surface area contributed by atoms with E-state index >= 15 is 0 Å². The van der Waals surface area contributed by atoms with Gasteiger partial charge in [-0.05, 0) is 26.8 Å². The van der Waals surface area contributed by atoms with E-state index in [9.17, 15) is 8.42 Å². The summed E-state index contributed by atoms with van der Waals surface area (Å²) < 4.78 is 24.7. The van der Waals surface area contributed by atoms with Crippen molar-refractivity contribution in [2.75, 3.05) is 13.6 Å². The van der Waals surface area contributed by atoms with Crippen LogP contribution in [0.1, 0.15) is 19.8 Å². The molecule has 1 aliphatic rings. The van der Waals surface area contributed by atoms with Crippen molar-refractivity contribution in [2.24, 2.45) is 0 Å². The topological polar surface area (TPSA) is 58.2 Å². The third kappa shape index (κ3) is 2.73. The molecule has 1 aliphatic carbocycles. The second kappa shape index (κ2) is 3.72. The second-order valence-electron chi connectivity index (χ2n) is 3.24. The van der Waals surface area contributed by atoms with Crippen molar-refractivity contribution in [3.05, 3.63) is 0 Å². The van der Waals surface area contributed by atoms with E-state index in [2.05, 4.69) is 10.0 Å². The van der Waals surface area contributed by atoms with Crippen LogP contribution in [0.15, 0.2) is 0 Å². The monoisotopic (exact) mass is 192 g/mol. The predicted molar refractivity (Wildman–Crippen MR) is 48.5 cm³/mol. The summed E-state index contributed by atoms with van der Waals surface area (Å²) in [6, 6.07) is 0.569. The summed E-state index contributed by atoms with van der Waals surface area (Å²) in [6.07, 6.45) is 2.37. The van der Waals surface area contributed by atoms with Gasteiger partial charge in [-0.2, -0.15) is 0 Å². The van der Waals surface area contributed by atoms with Gasteiger partial charge >= 0.3 is 0 Å². The molecule has 12 heavy (non-hydrogen) atoms. The molecule has 1 fully saturated rings. The highest BCUT2D eigenvalue weighted by atomic mass is 32.2. The maximum absolute atomic E-state index is 11.2. The predicted octanol–water partition coefficient (Wildman–Crippen LogP) is -0.324. The Morgan fingerprint density at radius 3 is 2.50 bits per heavy atom. The summed E-state index contributed by atoms with van der Waals surface area (Å²) in [5.74, 6) is 0. The van der Waals surface area contributed by atoms with Crippen LogP contribution in [0, 0.1) is 0 Å². The van der Waals surface area contributed by atoms with Crippen LogP contribution in [0.5, 0.6) is 0 Å². The average molecular weight is 192 g/mol. The minimum Gasteiger partial charge on any atom is -0.313 e. The van der Waals surface area contributed by atoms with E-state index in [0.717, 1.165) is 0 Å². The highest BCUT2D eigenvalue weighted by Crippen LogP contribution is 2.18. The molecule has 0 amide bonds. The molecular formula is C7H16N2O2S. The summed E-state index contributed by atoms with van der Waals surface area (Å²) >= 11 is 0. The molecule has 1 rings (SSSR count). The molecule has 0 heterocycles. The SMILES string of the molecule is CNS(=O)(=O)C(C)CNC1CC1. The Bertz CT molecular complexity index is 234. The minimum absolute atomic E-state index is 0.344. The summed E-state index contributed by atoms with van der Waals surface area (Å²) in [5.41, 5.74) is 0. The van der Waals surface area contributed by atoms with Gasteiger partial charge in [-0.15, -0.1) is 0 Å². The van der Waals surface area contributed by atoms with Crippen LogP contribution in [0.25, 0.3) is 0 Å². The van der Waals surface area contributed by atoms with Crippen molar-refractivity contribution in [1.29, 1.82) is 0 Å². The van der Waals surface area contributed by atoms with E-state index in [1.54, 1.807) is 6.92 Å². The molecule has 0 aromatic heterocycles. The van der Waals surface area contributed by atoms with Crippen molar-refractivity contribution >= 4 is 10.0 Å². The minimum atomic E-state index is -3.08. The van der Waals surface area contributed by atoms with E-state index in [0.29, 0.717) is 12.6 Å². The Kier molecular flexibility index (Phi) is 3.09. The van der Waals surface area contributed by atoms with E-state index in [1.807, 2.05) is 0 Å². The molecule has 72 valence electrons. The zero-order valence-electron chi connectivity index (χ0n) is 7.50. The van der Waals surface area contributed by atoms with Crippen molar-refractivity contribution in [3.63, 3.8) is 0 Å². The van der Waals surface area contributed by atoms with Crippen LogP contribution in [0.3, 0.4) is 0 Å². The molecule has 0 saturated heterocycles. The number of hydrogen-bond acceptors (Lipinski definition) is 3. The van der Waals surface area contributed by atoms with Crippen LogP contribution >= 0.6 is 0 Å². The second-order valence-corrected chi connectivity index (χ2v) is 5.55. The Balaban J connectivity index is 2.30. The molecule has 0 aromatic rings. The van der Waals surface area contributed by atoms with E-state index in [-0.39, 0.29) is 5.25 Å². The largest absolute Gasteiger partial charge is 0.313 e. The fraction of sp³-hybridized carbons (Fsp3) is 1.00. The normalized spacial score (nSPS) is 20.8. The Morgan fingerprint density at radius 1 is 1.50 bits per heavy atom. The molecule has 1 atom stereocenters. The van der Waals surface area contributed by atoms with Crippen LogP contribution in [0.2, 0.25) is 0 Å². The van der Waals surface area contributed by atoms with E-state index < -0.39 is 10.0 Å². The highest BCUT2D eigenvalue weighted by Gasteiger charge is 2.24. The van der Waals surface area contributed by atoms with Gasteiger partial charge < -0.3 is 5.32 Å². The number of sulfonamides is 1. The fourth-order valence-electron chi connectivity index (χ4n) is 0.931. The molecule has 4 nitrogen and oxygen atoms in total. The van der Waals surface area contributed by atoms with Gasteiger partial charge in [-0.3, -0.25) is 0 Å². The average Bonchev–Trinajstić information content (AvgIpc) is 2.83. The first-order valence-electron chi connectivity index (χ1n) is 4.22. The van der Waals surface area contributed by atoms with Gasteiger partial charge in [0.1, 0.15) is 0 Å². The lowest BCUT2D eigenvalue weighted by Crippen LogP contribution is -2.37. The van der Waals surface area contributed by atoms with E-state index in [4.69, 9.17) is 0 Å². The molecule has 0 aromatic carbocycles. The lowest BCUT2D eigenvalue weighted by atomic mass is 10.4. The Labute approximate surface area is 73.8 Å². The van der Waals surface area contributed by atoms with Crippen LogP contribution in [-0.4, -0.2) is 33.3 Å². The highest BCUT2D eigenvalue weighted by molar-refractivity contribution is 7.90. The van der Waals surface area contributed by atoms with Crippen molar-refractivity contribution < 1.29 is 8.42 Å². The van der Waals surface area contributed by atoms with E-state index in [1.165, 1.54) is 19.9 Å². The summed E-state index contributed by atoms with van der Waals surface area (Å²) in [4.78, 5) is 0. The van der Waals surface area contributed by atoms with Gasteiger partial charge in [-0.1, -0.05) is 0 Å². The summed E-state index contributed by atoms with van der Waals surface area (Å²) in [6.45, 7) is 2.26. The summed E-state index contributed by atoms with van der Waals surface area (Å²) in [5, 5.41) is 2.83. The molecule has 0 radical (unpaired) electrons. The molecule has 0 bridgehead atoms. The van der Waals surface area contributed by atoms with Crippen molar-refractivity contribution in [1.82, 2.24) is 10.0 Å². The van der Waals surface area contributed by atoms with Crippen LogP contribution < -0.4 is 10.0 Å². The molecule has 2 N–H and O–H groups in total. The van der Waals surface area contributed by atoms with Gasteiger partial charge in [0.15, 0.2) is 0 Å². The van der Waals surface area contributed by atoms with Gasteiger partial charge in [0, 0.05) is 12.6 Å². The quantitative estimate of drug-likeness (QED) is 0.627. The zero-order valence-corrected chi connectivity index (χ0v) is 8.32. The third-order valence-electron chi connectivity index (χ3n) is 2.09. The molecule has 0 spiro atoms. The van der Waals surface area contributed by atoms with Crippen molar-refractivity contribution in [2.45, 2.75) is 31.1 Å². The smallest absolute Gasteiger partial charge is 0.215 e. The maximum Gasteiger partial charge on any atom is 0.215 e. The first kappa shape index (κ1) is 9.95. The van der Waals surface area contributed by atoms with Gasteiger partial charge in [0.05, 0.1) is 5.25 Å². The van der Waals surface area contributed by atoms with Gasteiger partial charge in [0.2, 0.25) is 10.0 Å². The third-order valence-corrected chi connectivity index (χ3v) is 3.88. The molecule has 1 saturated carbocycles. The first-order chi connectivity index (χ1) is 5.56. The van der Waals surface area contributed by atoms with Gasteiger partial charge in [0.25, 0.3) is 0 Å². The lowest BCUT2D eigenvalue weighted by Gasteiger charge is -2.11. The van der Waals surface area contributed by atoms with Gasteiger partial charge in [-0.25, -0.2) is 13.1 Å². The van der Waals surface area contributed by atoms with Crippen molar-refractivity contribution in [3.8, 4) is 0 Å². The number of rotatable bonds is 5.